The summed E-state index contributed by atoms with van der Waals surface area (Å²) in [6, 6.07) is 8.86. The monoisotopic (exact) mass is 601 g/mol. The molecule has 1 fully saturated rings. The Balaban J connectivity index is 1.16. The molecule has 1 aliphatic heterocycles. The van der Waals surface area contributed by atoms with Crippen LogP contribution < -0.4 is 5.32 Å². The van der Waals surface area contributed by atoms with Crippen molar-refractivity contribution < 1.29 is 52.2 Å². The zero-order chi connectivity index (χ0) is 29.6. The van der Waals surface area contributed by atoms with Gasteiger partial charge in [-0.25, -0.2) is 4.79 Å². The van der Waals surface area contributed by atoms with Gasteiger partial charge in [0.1, 0.15) is 6.61 Å². The number of nitrogens with one attached hydrogen (secondary N) is 1. The number of carbonyl (C=O) groups is 1. The van der Waals surface area contributed by atoms with Crippen molar-refractivity contribution in [3.8, 4) is 0 Å². The quantitative estimate of drug-likeness (QED) is 0.106. The van der Waals surface area contributed by atoms with Crippen molar-refractivity contribution in [3.63, 3.8) is 0 Å². The molecule has 1 heterocycles. The fourth-order valence-corrected chi connectivity index (χ4v) is 3.73. The first-order valence-corrected chi connectivity index (χ1v) is 15.0. The van der Waals surface area contributed by atoms with Gasteiger partial charge in [0.15, 0.2) is 0 Å². The highest BCUT2D eigenvalue weighted by Crippen LogP contribution is 2.06. The van der Waals surface area contributed by atoms with Gasteiger partial charge in [0.05, 0.1) is 124 Å². The Hall–Kier alpha value is -1.71. The third kappa shape index (κ3) is 21.9. The summed E-state index contributed by atoms with van der Waals surface area (Å²) < 4.78 is 54.6. The lowest BCUT2D eigenvalue weighted by atomic mass is 10.1. The molecule has 0 atom stereocenters. The fraction of sp³-hybridized carbons (Fsp3) is 0.767. The maximum Gasteiger partial charge on any atom is 0.338 e. The summed E-state index contributed by atoms with van der Waals surface area (Å²) >= 11 is 0. The predicted molar refractivity (Wildman–Crippen MR) is 155 cm³/mol. The average molecular weight is 602 g/mol. The summed E-state index contributed by atoms with van der Waals surface area (Å²) in [4.78, 5) is 11.8. The van der Waals surface area contributed by atoms with Crippen LogP contribution in [-0.4, -0.2) is 144 Å². The van der Waals surface area contributed by atoms with Crippen molar-refractivity contribution >= 4 is 5.97 Å². The zero-order valence-corrected chi connectivity index (χ0v) is 25.0. The number of hydrogen-bond donors (Lipinski definition) is 1. The first-order valence-electron chi connectivity index (χ1n) is 15.0. The largest absolute Gasteiger partial charge is 0.460 e. The first kappa shape index (κ1) is 36.5. The Bertz CT molecular complexity index is 722. The molecule has 0 unspecified atom stereocenters. The second-order valence-electron chi connectivity index (χ2n) is 9.22. The molecular formula is C30H51NO11. The molecule has 0 spiro atoms. The van der Waals surface area contributed by atoms with Crippen molar-refractivity contribution in [2.75, 3.05) is 132 Å². The normalized spacial score (nSPS) is 13.9. The number of rotatable bonds is 29. The molecule has 0 bridgehead atoms. The molecule has 0 aromatic heterocycles. The Labute approximate surface area is 250 Å². The fourth-order valence-electron chi connectivity index (χ4n) is 3.73. The van der Waals surface area contributed by atoms with Crippen LogP contribution in [0.4, 0.5) is 0 Å². The highest BCUT2D eigenvalue weighted by molar-refractivity contribution is 5.89. The van der Waals surface area contributed by atoms with Gasteiger partial charge in [-0.05, 0) is 38.1 Å². The van der Waals surface area contributed by atoms with E-state index < -0.39 is 0 Å². The molecule has 12 nitrogen and oxygen atoms in total. The van der Waals surface area contributed by atoms with Crippen molar-refractivity contribution in [2.45, 2.75) is 18.9 Å². The van der Waals surface area contributed by atoms with Gasteiger partial charge in [-0.15, -0.1) is 0 Å². The first-order chi connectivity index (χ1) is 20.9. The highest BCUT2D eigenvalue weighted by Gasteiger charge is 2.12. The Morgan fingerprint density at radius 1 is 0.524 bits per heavy atom. The Morgan fingerprint density at radius 2 is 0.881 bits per heavy atom. The molecule has 2 rings (SSSR count). The van der Waals surface area contributed by atoms with Crippen LogP contribution in [0.1, 0.15) is 23.2 Å². The molecule has 1 N–H and O–H groups in total. The van der Waals surface area contributed by atoms with E-state index in [0.717, 1.165) is 25.9 Å². The van der Waals surface area contributed by atoms with Crippen LogP contribution in [0.25, 0.3) is 0 Å². The number of hydrogen-bond acceptors (Lipinski definition) is 12. The van der Waals surface area contributed by atoms with E-state index in [1.807, 2.05) is 6.07 Å². The molecule has 0 amide bonds. The van der Waals surface area contributed by atoms with E-state index in [1.165, 1.54) is 0 Å². The van der Waals surface area contributed by atoms with Crippen molar-refractivity contribution in [1.29, 1.82) is 0 Å². The van der Waals surface area contributed by atoms with Gasteiger partial charge in [-0.1, -0.05) is 18.2 Å². The molecule has 242 valence electrons. The van der Waals surface area contributed by atoms with Crippen LogP contribution in [0.3, 0.4) is 0 Å². The maximum atomic E-state index is 11.8. The minimum atomic E-state index is -0.353. The molecule has 42 heavy (non-hydrogen) atoms. The number of esters is 1. The lowest BCUT2D eigenvalue weighted by Gasteiger charge is -2.22. The lowest BCUT2D eigenvalue weighted by molar-refractivity contribution is -0.0320. The number of ether oxygens (including phenoxy) is 10. The standard InChI is InChI=1S/C30H51NO11/c32-30(28-4-2-1-3-5-28)42-27-25-40-23-21-38-19-17-36-15-13-34-11-10-33-12-14-35-16-18-37-20-22-39-24-26-41-29-6-8-31-9-7-29/h1-5,29,31H,6-27H2. The van der Waals surface area contributed by atoms with Crippen LogP contribution in [0, 0.1) is 0 Å². The minimum Gasteiger partial charge on any atom is -0.460 e. The molecule has 0 aliphatic carbocycles. The zero-order valence-electron chi connectivity index (χ0n) is 25.0. The van der Waals surface area contributed by atoms with E-state index in [4.69, 9.17) is 47.4 Å². The van der Waals surface area contributed by atoms with E-state index in [-0.39, 0.29) is 12.6 Å². The summed E-state index contributed by atoms with van der Waals surface area (Å²) in [7, 11) is 0. The molecule has 1 aromatic rings. The van der Waals surface area contributed by atoms with E-state index in [9.17, 15) is 4.79 Å². The smallest absolute Gasteiger partial charge is 0.338 e. The van der Waals surface area contributed by atoms with Crippen LogP contribution in [0.15, 0.2) is 30.3 Å². The third-order valence-electron chi connectivity index (χ3n) is 5.94. The predicted octanol–water partition coefficient (Wildman–Crippen LogP) is 1.74. The molecule has 0 saturated carbocycles. The van der Waals surface area contributed by atoms with Crippen LogP contribution in [-0.2, 0) is 47.4 Å². The third-order valence-corrected chi connectivity index (χ3v) is 5.94. The molecule has 1 aliphatic rings. The van der Waals surface area contributed by atoms with Gasteiger partial charge < -0.3 is 52.7 Å². The minimum absolute atomic E-state index is 0.206. The summed E-state index contributed by atoms with van der Waals surface area (Å²) in [5.74, 6) is -0.353. The second-order valence-corrected chi connectivity index (χ2v) is 9.22. The Kier molecular flexibility index (Phi) is 24.4. The van der Waals surface area contributed by atoms with E-state index >= 15 is 0 Å². The second kappa shape index (κ2) is 28.1. The highest BCUT2D eigenvalue weighted by atomic mass is 16.6. The van der Waals surface area contributed by atoms with Crippen LogP contribution in [0.5, 0.6) is 0 Å². The molecule has 12 heteroatoms. The summed E-state index contributed by atoms with van der Waals surface area (Å²) in [5, 5.41) is 3.32. The van der Waals surface area contributed by atoms with Crippen molar-refractivity contribution in [2.24, 2.45) is 0 Å². The van der Waals surface area contributed by atoms with Gasteiger partial charge in [-0.3, -0.25) is 0 Å². The van der Waals surface area contributed by atoms with Gasteiger partial charge in [0.25, 0.3) is 0 Å². The van der Waals surface area contributed by atoms with Crippen molar-refractivity contribution in [3.05, 3.63) is 35.9 Å². The van der Waals surface area contributed by atoms with Crippen molar-refractivity contribution in [1.82, 2.24) is 5.32 Å². The summed E-state index contributed by atoms with van der Waals surface area (Å²) in [6.07, 6.45) is 2.53. The molecule has 1 saturated heterocycles. The van der Waals surface area contributed by atoms with Crippen LogP contribution >= 0.6 is 0 Å². The Morgan fingerprint density at radius 3 is 1.29 bits per heavy atom. The summed E-state index contributed by atoms with van der Waals surface area (Å²) in [5.41, 5.74) is 0.529. The maximum absolute atomic E-state index is 11.8. The topological polar surface area (TPSA) is 121 Å². The summed E-state index contributed by atoms with van der Waals surface area (Å²) in [6.45, 7) is 10.9. The number of piperidine rings is 1. The van der Waals surface area contributed by atoms with E-state index in [1.54, 1.807) is 24.3 Å². The van der Waals surface area contributed by atoms with Gasteiger partial charge in [0, 0.05) is 0 Å². The number of carbonyl (C=O) groups excluding carboxylic acids is 1. The molecule has 0 radical (unpaired) electrons. The van der Waals surface area contributed by atoms with Crippen LogP contribution in [0.2, 0.25) is 0 Å². The van der Waals surface area contributed by atoms with Gasteiger partial charge in [0.2, 0.25) is 0 Å². The van der Waals surface area contributed by atoms with E-state index in [2.05, 4.69) is 5.32 Å². The number of benzene rings is 1. The average Bonchev–Trinajstić information content (AvgIpc) is 3.03. The molecule has 1 aromatic carbocycles. The van der Waals surface area contributed by atoms with Gasteiger partial charge in [-0.2, -0.15) is 0 Å². The SMILES string of the molecule is O=C(OCCOCCOCCOCCOCCOCCOCCOCCOCCOC1CCNCC1)c1ccccc1. The van der Waals surface area contributed by atoms with Gasteiger partial charge >= 0.3 is 5.97 Å². The molecular weight excluding hydrogens is 550 g/mol. The lowest BCUT2D eigenvalue weighted by Crippen LogP contribution is -2.33. The van der Waals surface area contributed by atoms with E-state index in [0.29, 0.717) is 124 Å².